The Bertz CT molecular complexity index is 973. The molecular formula is C26H30N4. The lowest BCUT2D eigenvalue weighted by Gasteiger charge is -2.37. The number of aryl methyl sites for hydroxylation is 1. The second-order valence-electron chi connectivity index (χ2n) is 8.78. The predicted octanol–water partition coefficient (Wildman–Crippen LogP) is 4.17. The van der Waals surface area contributed by atoms with Crippen molar-refractivity contribution >= 4 is 0 Å². The van der Waals surface area contributed by atoms with E-state index in [0.29, 0.717) is 12.1 Å². The van der Waals surface area contributed by atoms with Gasteiger partial charge in [0, 0.05) is 48.7 Å². The SMILES string of the molecule is Cc1ccccc1-c1ncc(CNC2CCCN(C3Cc4ccccc4C3)C2)cn1. The van der Waals surface area contributed by atoms with Crippen LogP contribution in [0.25, 0.3) is 11.4 Å². The van der Waals surface area contributed by atoms with Crippen LogP contribution in [0, 0.1) is 6.92 Å². The lowest BCUT2D eigenvalue weighted by atomic mass is 10.0. The summed E-state index contributed by atoms with van der Waals surface area (Å²) >= 11 is 0. The topological polar surface area (TPSA) is 41.1 Å². The summed E-state index contributed by atoms with van der Waals surface area (Å²) in [6.45, 7) is 5.30. The lowest BCUT2D eigenvalue weighted by Crippen LogP contribution is -2.49. The first kappa shape index (κ1) is 19.4. The van der Waals surface area contributed by atoms with Crippen molar-refractivity contribution in [2.24, 2.45) is 0 Å². The van der Waals surface area contributed by atoms with E-state index in [1.165, 1.54) is 37.8 Å². The van der Waals surface area contributed by atoms with Gasteiger partial charge in [0.2, 0.25) is 0 Å². The maximum atomic E-state index is 4.61. The average molecular weight is 399 g/mol. The van der Waals surface area contributed by atoms with E-state index < -0.39 is 0 Å². The van der Waals surface area contributed by atoms with Gasteiger partial charge in [-0.1, -0.05) is 48.5 Å². The minimum atomic E-state index is 0.540. The molecule has 2 aliphatic rings. The van der Waals surface area contributed by atoms with Gasteiger partial charge in [0.25, 0.3) is 0 Å². The smallest absolute Gasteiger partial charge is 0.159 e. The van der Waals surface area contributed by atoms with Gasteiger partial charge in [-0.25, -0.2) is 9.97 Å². The number of benzene rings is 2. The zero-order chi connectivity index (χ0) is 20.3. The van der Waals surface area contributed by atoms with Gasteiger partial charge in [-0.15, -0.1) is 0 Å². The highest BCUT2D eigenvalue weighted by Crippen LogP contribution is 2.27. The van der Waals surface area contributed by atoms with E-state index in [-0.39, 0.29) is 0 Å². The van der Waals surface area contributed by atoms with Gasteiger partial charge in [0.1, 0.15) is 0 Å². The fraction of sp³-hybridized carbons (Fsp3) is 0.385. The van der Waals surface area contributed by atoms with Gasteiger partial charge in [0.05, 0.1) is 0 Å². The molecule has 4 nitrogen and oxygen atoms in total. The number of rotatable bonds is 5. The molecule has 1 fully saturated rings. The molecule has 5 rings (SSSR count). The van der Waals surface area contributed by atoms with Crippen molar-refractivity contribution in [2.45, 2.75) is 51.2 Å². The van der Waals surface area contributed by atoms with Crippen LogP contribution in [0.3, 0.4) is 0 Å². The van der Waals surface area contributed by atoms with Crippen molar-refractivity contribution in [3.8, 4) is 11.4 Å². The third-order valence-electron chi connectivity index (χ3n) is 6.68. The summed E-state index contributed by atoms with van der Waals surface area (Å²) in [5, 5.41) is 3.76. The van der Waals surface area contributed by atoms with Crippen molar-refractivity contribution in [3.05, 3.63) is 83.2 Å². The third-order valence-corrected chi connectivity index (χ3v) is 6.68. The Kier molecular flexibility index (Phi) is 5.60. The highest BCUT2D eigenvalue weighted by molar-refractivity contribution is 5.59. The van der Waals surface area contributed by atoms with Crippen molar-refractivity contribution in [3.63, 3.8) is 0 Å². The molecule has 0 spiro atoms. The second-order valence-corrected chi connectivity index (χ2v) is 8.78. The summed E-state index contributed by atoms with van der Waals surface area (Å²) in [6.07, 6.45) is 8.87. The van der Waals surface area contributed by atoms with E-state index in [1.54, 1.807) is 11.1 Å². The van der Waals surface area contributed by atoms with Crippen LogP contribution < -0.4 is 5.32 Å². The van der Waals surface area contributed by atoms with Crippen LogP contribution in [0.4, 0.5) is 0 Å². The van der Waals surface area contributed by atoms with Gasteiger partial charge in [-0.2, -0.15) is 0 Å². The quantitative estimate of drug-likeness (QED) is 0.700. The van der Waals surface area contributed by atoms with Crippen molar-refractivity contribution in [2.75, 3.05) is 13.1 Å². The number of aromatic nitrogens is 2. The molecule has 1 N–H and O–H groups in total. The summed E-state index contributed by atoms with van der Waals surface area (Å²) in [5.41, 5.74) is 6.56. The Labute approximate surface area is 179 Å². The number of hydrogen-bond acceptors (Lipinski definition) is 4. The Morgan fingerprint density at radius 2 is 1.67 bits per heavy atom. The average Bonchev–Trinajstić information content (AvgIpc) is 3.23. The third kappa shape index (κ3) is 4.16. The normalized spacial score (nSPS) is 19.7. The molecule has 3 aromatic rings. The minimum absolute atomic E-state index is 0.540. The summed E-state index contributed by atoms with van der Waals surface area (Å²) in [4.78, 5) is 11.9. The predicted molar refractivity (Wildman–Crippen MR) is 121 cm³/mol. The minimum Gasteiger partial charge on any atom is -0.309 e. The molecule has 154 valence electrons. The molecule has 0 saturated carbocycles. The van der Waals surface area contributed by atoms with Gasteiger partial charge in [-0.3, -0.25) is 4.90 Å². The van der Waals surface area contributed by atoms with Gasteiger partial charge in [-0.05, 0) is 55.8 Å². The molecule has 4 heteroatoms. The molecule has 2 heterocycles. The highest BCUT2D eigenvalue weighted by atomic mass is 15.2. The molecule has 1 unspecified atom stereocenters. The van der Waals surface area contributed by atoms with Crippen molar-refractivity contribution in [1.82, 2.24) is 20.2 Å². The number of piperidine rings is 1. The van der Waals surface area contributed by atoms with Gasteiger partial charge >= 0.3 is 0 Å². The monoisotopic (exact) mass is 398 g/mol. The van der Waals surface area contributed by atoms with E-state index in [4.69, 9.17) is 0 Å². The van der Waals surface area contributed by atoms with Crippen LogP contribution in [-0.4, -0.2) is 40.0 Å². The molecule has 0 bridgehead atoms. The molecule has 1 aliphatic heterocycles. The van der Waals surface area contributed by atoms with Crippen LogP contribution in [0.5, 0.6) is 0 Å². The van der Waals surface area contributed by atoms with Crippen molar-refractivity contribution < 1.29 is 0 Å². The summed E-state index contributed by atoms with van der Waals surface area (Å²) in [6, 6.07) is 18.4. The molecule has 1 aromatic heterocycles. The molecule has 1 saturated heterocycles. The largest absolute Gasteiger partial charge is 0.309 e. The van der Waals surface area contributed by atoms with Crippen LogP contribution in [-0.2, 0) is 19.4 Å². The van der Waals surface area contributed by atoms with Gasteiger partial charge < -0.3 is 5.32 Å². The van der Waals surface area contributed by atoms with Crippen molar-refractivity contribution in [1.29, 1.82) is 0 Å². The van der Waals surface area contributed by atoms with Crippen LogP contribution >= 0.6 is 0 Å². The van der Waals surface area contributed by atoms with E-state index in [1.807, 2.05) is 18.5 Å². The van der Waals surface area contributed by atoms with E-state index in [0.717, 1.165) is 30.0 Å². The first-order valence-electron chi connectivity index (χ1n) is 11.2. The number of nitrogens with zero attached hydrogens (tertiary/aromatic N) is 3. The Morgan fingerprint density at radius 3 is 2.40 bits per heavy atom. The van der Waals surface area contributed by atoms with E-state index in [2.05, 4.69) is 69.6 Å². The zero-order valence-corrected chi connectivity index (χ0v) is 17.7. The molecule has 2 aromatic carbocycles. The molecule has 30 heavy (non-hydrogen) atoms. The Balaban J connectivity index is 1.16. The second kappa shape index (κ2) is 8.66. The number of fused-ring (bicyclic) bond motifs is 1. The number of likely N-dealkylation sites (tertiary alicyclic amines) is 1. The molecule has 0 radical (unpaired) electrons. The molecule has 0 amide bonds. The van der Waals surface area contributed by atoms with Gasteiger partial charge in [0.15, 0.2) is 5.82 Å². The molecular weight excluding hydrogens is 368 g/mol. The Hall–Kier alpha value is -2.56. The number of hydrogen-bond donors (Lipinski definition) is 1. The number of nitrogens with one attached hydrogen (secondary N) is 1. The summed E-state index contributed by atoms with van der Waals surface area (Å²) < 4.78 is 0. The molecule has 1 aliphatic carbocycles. The van der Waals surface area contributed by atoms with Crippen LogP contribution in [0.2, 0.25) is 0 Å². The van der Waals surface area contributed by atoms with Crippen LogP contribution in [0.15, 0.2) is 60.9 Å². The summed E-state index contributed by atoms with van der Waals surface area (Å²) in [5.74, 6) is 0.807. The first-order valence-corrected chi connectivity index (χ1v) is 11.2. The fourth-order valence-electron chi connectivity index (χ4n) is 4.97. The lowest BCUT2D eigenvalue weighted by molar-refractivity contribution is 0.140. The highest BCUT2D eigenvalue weighted by Gasteiger charge is 2.30. The first-order chi connectivity index (χ1) is 14.8. The van der Waals surface area contributed by atoms with Crippen LogP contribution in [0.1, 0.15) is 35.1 Å². The zero-order valence-electron chi connectivity index (χ0n) is 17.7. The summed E-state index contributed by atoms with van der Waals surface area (Å²) in [7, 11) is 0. The van der Waals surface area contributed by atoms with E-state index in [9.17, 15) is 0 Å². The van der Waals surface area contributed by atoms with E-state index >= 15 is 0 Å². The Morgan fingerprint density at radius 1 is 0.967 bits per heavy atom. The standard InChI is InChI=1S/C26H30N4/c1-19-7-2-5-11-25(19)26-28-16-20(17-29-26)15-27-23-10-6-12-30(18-23)24-13-21-8-3-4-9-22(21)14-24/h2-5,7-9,11,16-17,23-24,27H,6,10,12-15,18H2,1H3. The fourth-order valence-corrected chi connectivity index (χ4v) is 4.97. The maximum absolute atomic E-state index is 4.61. The maximum Gasteiger partial charge on any atom is 0.159 e. The molecule has 1 atom stereocenters.